The van der Waals surface area contributed by atoms with E-state index in [0.29, 0.717) is 12.5 Å². The normalized spacial score (nSPS) is 17.9. The number of nitrogens with zero attached hydrogens (tertiary/aromatic N) is 2. The molecule has 4 rings (SSSR count). The molecule has 0 radical (unpaired) electrons. The first-order chi connectivity index (χ1) is 17.0. The number of hydrogen-bond donors (Lipinski definition) is 1. The Kier molecular flexibility index (Phi) is 7.69. The van der Waals surface area contributed by atoms with E-state index in [0.717, 1.165) is 49.8 Å². The number of aromatic nitrogens is 2. The monoisotopic (exact) mass is 474 g/mol. The van der Waals surface area contributed by atoms with Crippen LogP contribution in [-0.4, -0.2) is 23.6 Å². The summed E-state index contributed by atoms with van der Waals surface area (Å²) < 4.78 is 9.33. The van der Waals surface area contributed by atoms with E-state index in [1.165, 1.54) is 12.9 Å². The van der Waals surface area contributed by atoms with Gasteiger partial charge in [0.05, 0.1) is 13.7 Å². The van der Waals surface area contributed by atoms with Crippen molar-refractivity contribution in [3.63, 3.8) is 0 Å². The number of nitrogens with two attached hydrogens (primary N) is 1. The van der Waals surface area contributed by atoms with Crippen LogP contribution in [0.4, 0.5) is 0 Å². The zero-order valence-corrected chi connectivity index (χ0v) is 20.7. The van der Waals surface area contributed by atoms with Gasteiger partial charge in [-0.2, -0.15) is 0 Å². The van der Waals surface area contributed by atoms with Crippen LogP contribution < -0.4 is 10.3 Å². The molecule has 0 aliphatic heterocycles. The summed E-state index contributed by atoms with van der Waals surface area (Å²) in [7, 11) is 1.43. The molecule has 6 nitrogen and oxygen atoms in total. The van der Waals surface area contributed by atoms with Gasteiger partial charge in [0.25, 0.3) is 5.82 Å². The largest absolute Gasteiger partial charge is 0.469 e. The van der Waals surface area contributed by atoms with Crippen LogP contribution >= 0.6 is 0 Å². The summed E-state index contributed by atoms with van der Waals surface area (Å²) in [6.45, 7) is 3.01. The summed E-state index contributed by atoms with van der Waals surface area (Å²) in [5.74, 6) is 0.851. The molecule has 1 amide bonds. The van der Waals surface area contributed by atoms with Crippen LogP contribution in [0.3, 0.4) is 0 Å². The highest BCUT2D eigenvalue weighted by molar-refractivity contribution is 5.91. The van der Waals surface area contributed by atoms with Crippen molar-refractivity contribution in [1.82, 2.24) is 4.57 Å². The number of rotatable bonds is 10. The molecule has 0 saturated heterocycles. The lowest BCUT2D eigenvalue weighted by Gasteiger charge is -2.37. The minimum atomic E-state index is -0.859. The summed E-state index contributed by atoms with van der Waals surface area (Å²) in [6.07, 6.45) is 9.26. The molecule has 2 unspecified atom stereocenters. The molecule has 2 atom stereocenters. The van der Waals surface area contributed by atoms with Crippen molar-refractivity contribution in [2.75, 3.05) is 7.11 Å². The van der Waals surface area contributed by atoms with Crippen LogP contribution in [0, 0.1) is 12.8 Å². The number of ether oxygens (including phenoxy) is 1. The molecule has 3 aromatic rings. The predicted molar refractivity (Wildman–Crippen MR) is 134 cm³/mol. The van der Waals surface area contributed by atoms with Crippen LogP contribution in [0.15, 0.2) is 73.1 Å². The first-order valence-electron chi connectivity index (χ1n) is 12.5. The van der Waals surface area contributed by atoms with Gasteiger partial charge in [0.15, 0.2) is 0 Å². The third-order valence-corrected chi connectivity index (χ3v) is 7.71. The van der Waals surface area contributed by atoms with Crippen LogP contribution in [0.2, 0.25) is 0 Å². The van der Waals surface area contributed by atoms with E-state index in [2.05, 4.69) is 28.5 Å². The standard InChI is InChI=1S/C29H35N3O3/c1-22-31(18-10-9-15-27(33)35-2)19-20-32(22)26-17-16-25(21-26)29(28(30)34,23-11-5-3-6-12-23)24-13-7-4-8-14-24/h3-8,11-14,19-20,25-26H,9-10,15-18,21H2,1-2H3,(H-,30,34)/p+1. The molecule has 1 saturated carbocycles. The summed E-state index contributed by atoms with van der Waals surface area (Å²) >= 11 is 0. The maximum absolute atomic E-state index is 13.3. The van der Waals surface area contributed by atoms with Crippen molar-refractivity contribution < 1.29 is 18.9 Å². The molecule has 2 N–H and O–H groups in total. The van der Waals surface area contributed by atoms with Crippen LogP contribution in [0.5, 0.6) is 0 Å². The molecular formula is C29H36N3O3+. The Hall–Kier alpha value is -3.41. The molecule has 2 aromatic carbocycles. The Balaban J connectivity index is 1.57. The maximum Gasteiger partial charge on any atom is 0.305 e. The number of amides is 1. The third-order valence-electron chi connectivity index (χ3n) is 7.71. The van der Waals surface area contributed by atoms with Gasteiger partial charge in [-0.05, 0) is 49.1 Å². The quantitative estimate of drug-likeness (QED) is 0.271. The number of carbonyl (C=O) groups excluding carboxylic acids is 2. The SMILES string of the molecule is COC(=O)CCCC[n+]1ccn(C2CCC(C(C(N)=O)(c3ccccc3)c3ccccc3)C2)c1C. The molecule has 1 aliphatic carbocycles. The van der Waals surface area contributed by atoms with E-state index < -0.39 is 5.41 Å². The lowest BCUT2D eigenvalue weighted by Crippen LogP contribution is -2.47. The first-order valence-corrected chi connectivity index (χ1v) is 12.5. The average Bonchev–Trinajstić information content (AvgIpc) is 3.50. The molecule has 0 spiro atoms. The van der Waals surface area contributed by atoms with E-state index in [1.807, 2.05) is 60.7 Å². The number of imidazole rings is 1. The van der Waals surface area contributed by atoms with Crippen molar-refractivity contribution in [3.8, 4) is 0 Å². The van der Waals surface area contributed by atoms with Gasteiger partial charge in [0, 0.05) is 13.3 Å². The summed E-state index contributed by atoms with van der Waals surface area (Å²) in [5, 5.41) is 0. The second-order valence-corrected chi connectivity index (χ2v) is 9.55. The number of carbonyl (C=O) groups is 2. The second kappa shape index (κ2) is 10.9. The van der Waals surface area contributed by atoms with Crippen molar-refractivity contribution in [3.05, 3.63) is 90.0 Å². The zero-order valence-electron chi connectivity index (χ0n) is 20.7. The number of unbranched alkanes of at least 4 members (excludes halogenated alkanes) is 1. The fourth-order valence-corrected chi connectivity index (χ4v) is 5.92. The van der Waals surface area contributed by atoms with Crippen molar-refractivity contribution in [2.45, 2.75) is 63.5 Å². The van der Waals surface area contributed by atoms with Gasteiger partial charge in [0.2, 0.25) is 5.91 Å². The Labute approximate surface area is 207 Å². The van der Waals surface area contributed by atoms with Crippen LogP contribution in [-0.2, 0) is 26.3 Å². The highest BCUT2D eigenvalue weighted by Gasteiger charge is 2.51. The number of aryl methyl sites for hydroxylation is 1. The number of benzene rings is 2. The topological polar surface area (TPSA) is 78.2 Å². The van der Waals surface area contributed by atoms with Gasteiger partial charge in [-0.3, -0.25) is 9.59 Å². The van der Waals surface area contributed by atoms with Gasteiger partial charge < -0.3 is 10.5 Å². The number of primary amides is 1. The zero-order chi connectivity index (χ0) is 24.8. The van der Waals surface area contributed by atoms with Crippen molar-refractivity contribution in [2.24, 2.45) is 11.7 Å². The van der Waals surface area contributed by atoms with E-state index in [-0.39, 0.29) is 17.8 Å². The highest BCUT2D eigenvalue weighted by atomic mass is 16.5. The predicted octanol–water partition coefficient (Wildman–Crippen LogP) is 4.24. The lowest BCUT2D eigenvalue weighted by molar-refractivity contribution is -0.703. The minimum absolute atomic E-state index is 0.102. The Bertz CT molecular complexity index is 1100. The van der Waals surface area contributed by atoms with E-state index in [1.54, 1.807) is 0 Å². The molecule has 1 heterocycles. The molecule has 35 heavy (non-hydrogen) atoms. The smallest absolute Gasteiger partial charge is 0.305 e. The van der Waals surface area contributed by atoms with Gasteiger partial charge in [-0.1, -0.05) is 60.7 Å². The first kappa shape index (κ1) is 24.7. The van der Waals surface area contributed by atoms with Gasteiger partial charge >= 0.3 is 5.97 Å². The summed E-state index contributed by atoms with van der Waals surface area (Å²) in [4.78, 5) is 24.7. The Morgan fingerprint density at radius 2 is 1.66 bits per heavy atom. The Morgan fingerprint density at radius 1 is 1.03 bits per heavy atom. The fraction of sp³-hybridized carbons (Fsp3) is 0.414. The highest BCUT2D eigenvalue weighted by Crippen LogP contribution is 2.49. The number of hydrogen-bond acceptors (Lipinski definition) is 3. The number of methoxy groups -OCH3 is 1. The lowest BCUT2D eigenvalue weighted by atomic mass is 9.64. The summed E-state index contributed by atoms with van der Waals surface area (Å²) in [6, 6.07) is 20.4. The molecule has 184 valence electrons. The van der Waals surface area contributed by atoms with Crippen LogP contribution in [0.25, 0.3) is 0 Å². The second-order valence-electron chi connectivity index (χ2n) is 9.55. The van der Waals surface area contributed by atoms with E-state index in [9.17, 15) is 9.59 Å². The fourth-order valence-electron chi connectivity index (χ4n) is 5.92. The van der Waals surface area contributed by atoms with Gasteiger partial charge in [-0.25, -0.2) is 9.13 Å². The minimum Gasteiger partial charge on any atom is -0.469 e. The maximum atomic E-state index is 13.3. The van der Waals surface area contributed by atoms with Crippen LogP contribution in [0.1, 0.15) is 61.5 Å². The molecular weight excluding hydrogens is 438 g/mol. The third kappa shape index (κ3) is 4.88. The molecule has 1 aromatic heterocycles. The van der Waals surface area contributed by atoms with E-state index >= 15 is 0 Å². The van der Waals surface area contributed by atoms with E-state index in [4.69, 9.17) is 10.5 Å². The average molecular weight is 475 g/mol. The number of esters is 1. The molecule has 1 fully saturated rings. The molecule has 1 aliphatic rings. The molecule has 0 bridgehead atoms. The Morgan fingerprint density at radius 3 is 2.23 bits per heavy atom. The molecule has 6 heteroatoms. The van der Waals surface area contributed by atoms with Crippen molar-refractivity contribution in [1.29, 1.82) is 0 Å². The van der Waals surface area contributed by atoms with Gasteiger partial charge in [0.1, 0.15) is 23.9 Å². The summed E-state index contributed by atoms with van der Waals surface area (Å²) in [5.41, 5.74) is 7.33. The van der Waals surface area contributed by atoms with Crippen molar-refractivity contribution >= 4 is 11.9 Å². The van der Waals surface area contributed by atoms with Gasteiger partial charge in [-0.15, -0.1) is 0 Å².